The normalized spacial score (nSPS) is 25.1. The summed E-state index contributed by atoms with van der Waals surface area (Å²) in [6, 6.07) is 20.5. The molecule has 1 aliphatic rings. The lowest BCUT2D eigenvalue weighted by Gasteiger charge is -2.37. The van der Waals surface area contributed by atoms with E-state index in [1.165, 1.54) is 31.0 Å². The van der Waals surface area contributed by atoms with Gasteiger partial charge >= 0.3 is 0 Å². The minimum absolute atomic E-state index is 0.717. The van der Waals surface area contributed by atoms with Crippen LogP contribution in [0.25, 0.3) is 0 Å². The van der Waals surface area contributed by atoms with E-state index in [1.807, 2.05) is 0 Å². The van der Waals surface area contributed by atoms with Gasteiger partial charge in [-0.1, -0.05) is 63.6 Å². The van der Waals surface area contributed by atoms with Gasteiger partial charge in [0.2, 0.25) is 0 Å². The number of benzene rings is 2. The minimum atomic E-state index is -0.717. The quantitative estimate of drug-likeness (QED) is 0.590. The van der Waals surface area contributed by atoms with Gasteiger partial charge in [-0.3, -0.25) is 0 Å². The molecular weight excluding hydrogens is 319 g/mol. The molecule has 25 heavy (non-hydrogen) atoms. The van der Waals surface area contributed by atoms with Crippen LogP contribution < -0.4 is 10.6 Å². The van der Waals surface area contributed by atoms with Crippen LogP contribution in [0.5, 0.6) is 0 Å². The van der Waals surface area contributed by atoms with Crippen LogP contribution in [-0.4, -0.2) is 6.16 Å². The molecular formula is C24H34P+. The second-order valence-corrected chi connectivity index (χ2v) is 10.9. The molecule has 2 aromatic carbocycles. The van der Waals surface area contributed by atoms with Crippen molar-refractivity contribution in [2.45, 2.75) is 47.0 Å². The molecule has 1 fully saturated rings. The summed E-state index contributed by atoms with van der Waals surface area (Å²) in [6.07, 6.45) is 5.68. The maximum absolute atomic E-state index is 2.46. The number of rotatable bonds is 5. The molecule has 134 valence electrons. The first-order chi connectivity index (χ1) is 12.1. The van der Waals surface area contributed by atoms with Gasteiger partial charge in [0, 0.05) is 0 Å². The molecule has 0 bridgehead atoms. The first-order valence-corrected chi connectivity index (χ1v) is 11.7. The Morgan fingerprint density at radius 3 is 2.32 bits per heavy atom. The standard InChI is InChI=1S/C24H33P/c1-18(2)23-15-14-19(3)16-21(23)17-25(22-11-6-5-7-12-22)24-13-9-8-10-20(24)4/h5-13,18-19,21,23H,14-17H2,1-4H3/p+1. The Balaban J connectivity index is 1.93. The molecule has 0 radical (unpaired) electrons. The van der Waals surface area contributed by atoms with Crippen LogP contribution in [0.4, 0.5) is 0 Å². The van der Waals surface area contributed by atoms with Gasteiger partial charge in [0.1, 0.15) is 0 Å². The minimum Gasteiger partial charge on any atom is -0.0625 e. The van der Waals surface area contributed by atoms with Crippen molar-refractivity contribution < 1.29 is 0 Å². The lowest BCUT2D eigenvalue weighted by Crippen LogP contribution is -2.32. The Kier molecular flexibility index (Phi) is 6.34. The van der Waals surface area contributed by atoms with Crippen molar-refractivity contribution in [3.05, 3.63) is 60.2 Å². The van der Waals surface area contributed by atoms with Gasteiger partial charge in [-0.25, -0.2) is 0 Å². The van der Waals surface area contributed by atoms with Crippen molar-refractivity contribution in [3.63, 3.8) is 0 Å². The van der Waals surface area contributed by atoms with Crippen LogP contribution in [-0.2, 0) is 0 Å². The predicted octanol–water partition coefficient (Wildman–Crippen LogP) is 5.87. The zero-order valence-electron chi connectivity index (χ0n) is 16.3. The van der Waals surface area contributed by atoms with Crippen molar-refractivity contribution >= 4 is 18.5 Å². The van der Waals surface area contributed by atoms with Crippen molar-refractivity contribution in [2.24, 2.45) is 23.7 Å². The van der Waals surface area contributed by atoms with Gasteiger partial charge in [0.05, 0.1) is 24.7 Å². The van der Waals surface area contributed by atoms with E-state index in [0.717, 1.165) is 23.7 Å². The van der Waals surface area contributed by atoms with Crippen molar-refractivity contribution in [2.75, 3.05) is 6.16 Å². The lowest BCUT2D eigenvalue weighted by molar-refractivity contribution is 0.161. The van der Waals surface area contributed by atoms with Crippen LogP contribution in [0.1, 0.15) is 45.6 Å². The fourth-order valence-corrected chi connectivity index (χ4v) is 8.04. The summed E-state index contributed by atoms with van der Waals surface area (Å²) in [5.74, 6) is 3.51. The van der Waals surface area contributed by atoms with Crippen molar-refractivity contribution in [1.29, 1.82) is 0 Å². The molecule has 0 amide bonds. The molecule has 2 aromatic rings. The maximum atomic E-state index is 2.46. The molecule has 0 nitrogen and oxygen atoms in total. The van der Waals surface area contributed by atoms with Gasteiger partial charge in [-0.15, -0.1) is 0 Å². The third-order valence-corrected chi connectivity index (χ3v) is 9.39. The van der Waals surface area contributed by atoms with Gasteiger partial charge in [-0.2, -0.15) is 0 Å². The molecule has 4 atom stereocenters. The summed E-state index contributed by atoms with van der Waals surface area (Å²) in [6.45, 7) is 9.64. The molecule has 0 N–H and O–H groups in total. The van der Waals surface area contributed by atoms with E-state index in [0.29, 0.717) is 0 Å². The summed E-state index contributed by atoms with van der Waals surface area (Å²) in [7, 11) is -0.717. The molecule has 0 saturated heterocycles. The molecule has 1 aliphatic carbocycles. The Morgan fingerprint density at radius 2 is 1.64 bits per heavy atom. The Hall–Kier alpha value is -1.13. The van der Waals surface area contributed by atoms with Crippen LogP contribution >= 0.6 is 7.92 Å². The molecule has 1 saturated carbocycles. The highest BCUT2D eigenvalue weighted by molar-refractivity contribution is 7.73. The number of hydrogen-bond acceptors (Lipinski definition) is 0. The molecule has 0 heterocycles. The summed E-state index contributed by atoms with van der Waals surface area (Å²) in [4.78, 5) is 0. The van der Waals surface area contributed by atoms with Crippen molar-refractivity contribution in [1.82, 2.24) is 0 Å². The van der Waals surface area contributed by atoms with E-state index in [1.54, 1.807) is 10.6 Å². The van der Waals surface area contributed by atoms with Crippen LogP contribution in [0.2, 0.25) is 0 Å². The summed E-state index contributed by atoms with van der Waals surface area (Å²) < 4.78 is 0. The molecule has 0 spiro atoms. The molecule has 3 rings (SSSR count). The second kappa shape index (κ2) is 8.50. The molecule has 0 aromatic heterocycles. The summed E-state index contributed by atoms with van der Waals surface area (Å²) in [5.41, 5.74) is 1.48. The van der Waals surface area contributed by atoms with Crippen LogP contribution in [0.15, 0.2) is 54.6 Å². The highest BCUT2D eigenvalue weighted by atomic mass is 31.1. The van der Waals surface area contributed by atoms with Crippen LogP contribution in [0.3, 0.4) is 0 Å². The smallest absolute Gasteiger partial charge is 0.0625 e. The topological polar surface area (TPSA) is 0 Å². The highest BCUT2D eigenvalue weighted by Gasteiger charge is 2.36. The average Bonchev–Trinajstić information content (AvgIpc) is 2.61. The first kappa shape index (κ1) is 18.7. The number of aryl methyl sites for hydroxylation is 1. The highest BCUT2D eigenvalue weighted by Crippen LogP contribution is 2.46. The van der Waals surface area contributed by atoms with Gasteiger partial charge in [-0.05, 0) is 67.2 Å². The Labute approximate surface area is 155 Å². The SMILES string of the molecule is Cc1ccccc1[PH+](CC1CC(C)CCC1C(C)C)c1ccccc1. The van der Waals surface area contributed by atoms with E-state index >= 15 is 0 Å². The zero-order valence-corrected chi connectivity index (χ0v) is 17.3. The summed E-state index contributed by atoms with van der Waals surface area (Å²) in [5, 5.41) is 3.21. The largest absolute Gasteiger partial charge is 0.0995 e. The summed E-state index contributed by atoms with van der Waals surface area (Å²) >= 11 is 0. The monoisotopic (exact) mass is 353 g/mol. The van der Waals surface area contributed by atoms with E-state index < -0.39 is 7.92 Å². The van der Waals surface area contributed by atoms with E-state index in [9.17, 15) is 0 Å². The van der Waals surface area contributed by atoms with Crippen LogP contribution in [0, 0.1) is 30.6 Å². The van der Waals surface area contributed by atoms with Gasteiger partial charge in [0.15, 0.2) is 0 Å². The molecule has 0 aliphatic heterocycles. The van der Waals surface area contributed by atoms with Crippen molar-refractivity contribution in [3.8, 4) is 0 Å². The second-order valence-electron chi connectivity index (χ2n) is 8.45. The fourth-order valence-electron chi connectivity index (χ4n) is 4.83. The maximum Gasteiger partial charge on any atom is 0.0995 e. The lowest BCUT2D eigenvalue weighted by atomic mass is 9.71. The predicted molar refractivity (Wildman–Crippen MR) is 115 cm³/mol. The third kappa shape index (κ3) is 4.53. The Bertz CT molecular complexity index is 661. The van der Waals surface area contributed by atoms with E-state index in [-0.39, 0.29) is 0 Å². The van der Waals surface area contributed by atoms with E-state index in [2.05, 4.69) is 82.3 Å². The average molecular weight is 354 g/mol. The Morgan fingerprint density at radius 1 is 0.960 bits per heavy atom. The van der Waals surface area contributed by atoms with Gasteiger partial charge in [0.25, 0.3) is 0 Å². The first-order valence-electron chi connectivity index (χ1n) is 10.0. The molecule has 1 heteroatoms. The zero-order chi connectivity index (χ0) is 17.8. The fraction of sp³-hybridized carbons (Fsp3) is 0.500. The van der Waals surface area contributed by atoms with E-state index in [4.69, 9.17) is 0 Å². The third-order valence-electron chi connectivity index (χ3n) is 6.22. The molecule has 4 unspecified atom stereocenters. The van der Waals surface area contributed by atoms with Gasteiger partial charge < -0.3 is 0 Å². The number of hydrogen-bond donors (Lipinski definition) is 0.